The summed E-state index contributed by atoms with van der Waals surface area (Å²) < 4.78 is 8.35. The van der Waals surface area contributed by atoms with Gasteiger partial charge in [-0.3, -0.25) is 0 Å². The predicted molar refractivity (Wildman–Crippen MR) is 288 cm³/mol. The second-order valence-corrected chi connectivity index (χ2v) is 18.0. The van der Waals surface area contributed by atoms with Crippen LogP contribution in [-0.2, 0) is 0 Å². The molecule has 0 aliphatic rings. The van der Waals surface area contributed by atoms with Crippen molar-refractivity contribution in [2.45, 2.75) is 0 Å². The molecule has 0 aliphatic heterocycles. The van der Waals surface area contributed by atoms with E-state index in [9.17, 15) is 21.0 Å². The van der Waals surface area contributed by atoms with Crippen molar-refractivity contribution in [3.05, 3.63) is 229 Å². The Balaban J connectivity index is 1.24. The molecule has 0 amide bonds. The van der Waals surface area contributed by atoms with Gasteiger partial charge in [0.2, 0.25) is 0 Å². The minimum absolute atomic E-state index is 0.245. The van der Waals surface area contributed by atoms with Gasteiger partial charge in [-0.05, 0) is 60.7 Å². The van der Waals surface area contributed by atoms with E-state index in [0.29, 0.717) is 33.9 Å². The molecule has 4 aromatic heterocycles. The summed E-state index contributed by atoms with van der Waals surface area (Å²) in [6.45, 7) is 0. The van der Waals surface area contributed by atoms with Gasteiger partial charge in [0.15, 0.2) is 0 Å². The van der Waals surface area contributed by atoms with Crippen LogP contribution in [0.3, 0.4) is 0 Å². The van der Waals surface area contributed by atoms with Crippen LogP contribution in [0.25, 0.3) is 121 Å². The van der Waals surface area contributed by atoms with Crippen LogP contribution in [0.1, 0.15) is 22.3 Å². The standard InChI is InChI=1S/C64H34N8/c65-35-39-33-49(63(71-57-29-13-5-21-45(57)46-22-6-14-30-58(46)71)51(37-67)61(39)69-53-25-9-1-17-41(53)42-18-2-10-26-54(42)69)50-34-40(36-66)62(70-55-27-11-3-19-43(55)44-20-4-12-28-56(44)70)52(38-68)64(50)72-59-31-15-7-23-47(59)48-24-8-16-32-60(48)72/h1-34H. The van der Waals surface area contributed by atoms with Crippen molar-refractivity contribution in [3.63, 3.8) is 0 Å². The Morgan fingerprint density at radius 3 is 0.625 bits per heavy atom. The number of benzene rings is 10. The smallest absolute Gasteiger partial charge is 0.104 e. The second-order valence-electron chi connectivity index (χ2n) is 18.0. The number of aromatic nitrogens is 4. The third kappa shape index (κ3) is 5.41. The van der Waals surface area contributed by atoms with Gasteiger partial charge < -0.3 is 18.3 Å². The van der Waals surface area contributed by atoms with Crippen molar-refractivity contribution < 1.29 is 0 Å². The molecule has 0 radical (unpaired) electrons. The fourth-order valence-corrected chi connectivity index (χ4v) is 11.7. The first-order valence-corrected chi connectivity index (χ1v) is 23.6. The highest BCUT2D eigenvalue weighted by Crippen LogP contribution is 2.48. The van der Waals surface area contributed by atoms with Gasteiger partial charge in [0, 0.05) is 54.2 Å². The molecule has 0 atom stereocenters. The number of nitrogens with zero attached hydrogens (tertiary/aromatic N) is 8. The van der Waals surface area contributed by atoms with E-state index in [2.05, 4.69) is 106 Å². The monoisotopic (exact) mass is 914 g/mol. The molecule has 0 N–H and O–H groups in total. The van der Waals surface area contributed by atoms with Crippen molar-refractivity contribution in [1.82, 2.24) is 18.3 Å². The second kappa shape index (κ2) is 15.4. The van der Waals surface area contributed by atoms with Crippen molar-refractivity contribution in [2.24, 2.45) is 0 Å². The Kier molecular flexibility index (Phi) is 8.67. The molecule has 4 heterocycles. The molecule has 8 heteroatoms. The normalized spacial score (nSPS) is 11.6. The fourth-order valence-electron chi connectivity index (χ4n) is 11.7. The van der Waals surface area contributed by atoms with Crippen LogP contribution >= 0.6 is 0 Å². The maximum Gasteiger partial charge on any atom is 0.104 e. The first-order valence-electron chi connectivity index (χ1n) is 23.6. The van der Waals surface area contributed by atoms with Crippen LogP contribution in [0.4, 0.5) is 0 Å². The molecule has 0 unspecified atom stereocenters. The molecule has 14 aromatic rings. The Morgan fingerprint density at radius 2 is 0.431 bits per heavy atom. The van der Waals surface area contributed by atoms with Gasteiger partial charge in [-0.25, -0.2) is 0 Å². The summed E-state index contributed by atoms with van der Waals surface area (Å²) in [6.07, 6.45) is 0. The molecule has 0 fully saturated rings. The lowest BCUT2D eigenvalue weighted by Crippen LogP contribution is -2.12. The third-order valence-electron chi connectivity index (χ3n) is 14.5. The molecule has 8 nitrogen and oxygen atoms in total. The minimum Gasteiger partial charge on any atom is -0.307 e. The Morgan fingerprint density at radius 1 is 0.236 bits per heavy atom. The molecular formula is C64H34N8. The summed E-state index contributed by atoms with van der Waals surface area (Å²) in [4.78, 5) is 0. The van der Waals surface area contributed by atoms with Gasteiger partial charge in [0.25, 0.3) is 0 Å². The number of hydrogen-bond donors (Lipinski definition) is 0. The highest BCUT2D eigenvalue weighted by Gasteiger charge is 2.32. The molecule has 72 heavy (non-hydrogen) atoms. The average molecular weight is 915 g/mol. The first-order chi connectivity index (χ1) is 35.6. The largest absolute Gasteiger partial charge is 0.307 e. The number of nitriles is 4. The van der Waals surface area contributed by atoms with E-state index in [-0.39, 0.29) is 22.3 Å². The number of fused-ring (bicyclic) bond motifs is 12. The fraction of sp³-hybridized carbons (Fsp3) is 0. The highest BCUT2D eigenvalue weighted by atomic mass is 15.0. The summed E-state index contributed by atoms with van der Waals surface area (Å²) >= 11 is 0. The summed E-state index contributed by atoms with van der Waals surface area (Å²) in [7, 11) is 0. The van der Waals surface area contributed by atoms with Crippen LogP contribution in [0, 0.1) is 45.3 Å². The maximum absolute atomic E-state index is 12.1. The van der Waals surface area contributed by atoms with Crippen LogP contribution in [0.5, 0.6) is 0 Å². The Bertz CT molecular complexity index is 4350. The van der Waals surface area contributed by atoms with E-state index < -0.39 is 0 Å². The van der Waals surface area contributed by atoms with E-state index >= 15 is 0 Å². The molecule has 0 aliphatic carbocycles. The number of rotatable bonds is 5. The lowest BCUT2D eigenvalue weighted by molar-refractivity contribution is 1.09. The molecule has 330 valence electrons. The summed E-state index contributed by atoms with van der Waals surface area (Å²) in [5, 5.41) is 55.3. The van der Waals surface area contributed by atoms with Gasteiger partial charge in [0.1, 0.15) is 35.4 Å². The highest BCUT2D eigenvalue weighted by molar-refractivity contribution is 6.15. The SMILES string of the molecule is N#Cc1cc(-c2cc(C#N)c(-n3c4ccccc4c4ccccc43)c(C#N)c2-n2c3ccccc3c3ccccc32)c(-n2c3ccccc3c3ccccc32)c(C#N)c1-n1c2ccccc2c2ccccc21. The van der Waals surface area contributed by atoms with E-state index in [1.807, 2.05) is 143 Å². The van der Waals surface area contributed by atoms with Crippen LogP contribution < -0.4 is 0 Å². The van der Waals surface area contributed by atoms with Crippen LogP contribution in [0.15, 0.2) is 206 Å². The molecule has 10 aromatic carbocycles. The van der Waals surface area contributed by atoms with E-state index in [4.69, 9.17) is 0 Å². The van der Waals surface area contributed by atoms with Crippen LogP contribution in [-0.4, -0.2) is 18.3 Å². The molecule has 0 spiro atoms. The molecular weight excluding hydrogens is 881 g/mol. The van der Waals surface area contributed by atoms with Gasteiger partial charge in [-0.15, -0.1) is 0 Å². The molecule has 0 saturated heterocycles. The van der Waals surface area contributed by atoms with Gasteiger partial charge in [0.05, 0.1) is 78.0 Å². The summed E-state index contributed by atoms with van der Waals surface area (Å²) in [5.41, 5.74) is 10.6. The predicted octanol–water partition coefficient (Wildman–Crippen LogP) is 15.2. The van der Waals surface area contributed by atoms with E-state index in [0.717, 1.165) is 87.2 Å². The molecule has 0 bridgehead atoms. The maximum atomic E-state index is 12.1. The molecule has 0 saturated carbocycles. The van der Waals surface area contributed by atoms with Gasteiger partial charge >= 0.3 is 0 Å². The third-order valence-corrected chi connectivity index (χ3v) is 14.5. The van der Waals surface area contributed by atoms with E-state index in [1.54, 1.807) is 0 Å². The van der Waals surface area contributed by atoms with Crippen molar-refractivity contribution in [2.75, 3.05) is 0 Å². The summed E-state index contributed by atoms with van der Waals surface area (Å²) in [5.74, 6) is 0. The average Bonchev–Trinajstić information content (AvgIpc) is 4.17. The lowest BCUT2D eigenvalue weighted by atomic mass is 9.90. The number of para-hydroxylation sites is 8. The zero-order valence-corrected chi connectivity index (χ0v) is 38.2. The number of hydrogen-bond acceptors (Lipinski definition) is 4. The Hall–Kier alpha value is -10.6. The molecule has 14 rings (SSSR count). The van der Waals surface area contributed by atoms with Gasteiger partial charge in [-0.1, -0.05) is 146 Å². The van der Waals surface area contributed by atoms with E-state index in [1.165, 1.54) is 0 Å². The minimum atomic E-state index is 0.245. The van der Waals surface area contributed by atoms with Gasteiger partial charge in [-0.2, -0.15) is 21.0 Å². The summed E-state index contributed by atoms with van der Waals surface area (Å²) in [6, 6.07) is 79.1. The van der Waals surface area contributed by atoms with Crippen molar-refractivity contribution in [3.8, 4) is 58.2 Å². The Labute approximate surface area is 411 Å². The van der Waals surface area contributed by atoms with Crippen LogP contribution in [0.2, 0.25) is 0 Å². The zero-order chi connectivity index (χ0) is 48.2. The van der Waals surface area contributed by atoms with Crippen molar-refractivity contribution in [1.29, 1.82) is 21.0 Å². The lowest BCUT2D eigenvalue weighted by Gasteiger charge is -2.25. The first kappa shape index (κ1) is 40.4. The quantitative estimate of drug-likeness (QED) is 0.171. The zero-order valence-electron chi connectivity index (χ0n) is 38.2. The van der Waals surface area contributed by atoms with Crippen molar-refractivity contribution >= 4 is 87.2 Å². The topological polar surface area (TPSA) is 115 Å².